The topological polar surface area (TPSA) is 23.6 Å². The maximum atomic E-state index is 12.8. The van der Waals surface area contributed by atoms with Crippen LogP contribution >= 0.6 is 0 Å². The second-order valence-electron chi connectivity index (χ2n) is 9.97. The Kier molecular flexibility index (Phi) is 6.13. The molecular formula is C28H36N2O. The zero-order valence-electron chi connectivity index (χ0n) is 18.9. The van der Waals surface area contributed by atoms with Crippen molar-refractivity contribution in [2.24, 2.45) is 5.92 Å². The van der Waals surface area contributed by atoms with Crippen molar-refractivity contribution in [3.05, 3.63) is 70.8 Å². The summed E-state index contributed by atoms with van der Waals surface area (Å²) in [7, 11) is 0. The summed E-state index contributed by atoms with van der Waals surface area (Å²) in [6.45, 7) is 6.62. The van der Waals surface area contributed by atoms with Gasteiger partial charge >= 0.3 is 0 Å². The fraction of sp³-hybridized carbons (Fsp3) is 0.536. The maximum absolute atomic E-state index is 12.8. The average molecular weight is 417 g/mol. The molecule has 2 unspecified atom stereocenters. The van der Waals surface area contributed by atoms with Gasteiger partial charge < -0.3 is 4.90 Å². The summed E-state index contributed by atoms with van der Waals surface area (Å²) in [6, 6.07) is 17.8. The summed E-state index contributed by atoms with van der Waals surface area (Å²) in [4.78, 5) is 17.6. The number of hydrogen-bond donors (Lipinski definition) is 0. The highest BCUT2D eigenvalue weighted by Crippen LogP contribution is 2.33. The van der Waals surface area contributed by atoms with Crippen molar-refractivity contribution in [3.63, 3.8) is 0 Å². The van der Waals surface area contributed by atoms with Gasteiger partial charge in [-0.15, -0.1) is 0 Å². The van der Waals surface area contributed by atoms with Gasteiger partial charge in [-0.25, -0.2) is 0 Å². The molecule has 3 aliphatic rings. The molecule has 5 rings (SSSR count). The number of nitrogens with zero attached hydrogens (tertiary/aromatic N) is 2. The standard InChI is InChI=1S/C28H36N2O/c1-21-6-5-9-27(21)29-16-12-22-10-11-25(20-26(22)15-17-29)23-13-18-30(19-14-23)28(31)24-7-3-2-4-8-24/h2-4,7-8,10-11,20-21,23,27H,5-6,9,12-19H2,1H3. The molecular weight excluding hydrogens is 380 g/mol. The highest BCUT2D eigenvalue weighted by Gasteiger charge is 2.30. The number of piperidine rings is 1. The molecule has 0 spiro atoms. The number of benzene rings is 2. The van der Waals surface area contributed by atoms with Crippen LogP contribution in [0.5, 0.6) is 0 Å². The van der Waals surface area contributed by atoms with E-state index in [0.29, 0.717) is 5.92 Å². The molecule has 2 fully saturated rings. The third-order valence-corrected chi connectivity index (χ3v) is 8.13. The highest BCUT2D eigenvalue weighted by molar-refractivity contribution is 5.94. The van der Waals surface area contributed by atoms with Crippen LogP contribution in [0.1, 0.15) is 72.0 Å². The summed E-state index contributed by atoms with van der Waals surface area (Å²) in [5.41, 5.74) is 5.45. The Morgan fingerprint density at radius 3 is 2.29 bits per heavy atom. The summed E-state index contributed by atoms with van der Waals surface area (Å²) in [5, 5.41) is 0. The normalized spacial score (nSPS) is 25.3. The van der Waals surface area contributed by atoms with Gasteiger partial charge in [0.15, 0.2) is 0 Å². The molecule has 3 heteroatoms. The maximum Gasteiger partial charge on any atom is 0.253 e. The van der Waals surface area contributed by atoms with Gasteiger partial charge in [-0.05, 0) is 79.2 Å². The van der Waals surface area contributed by atoms with E-state index in [2.05, 4.69) is 30.0 Å². The third-order valence-electron chi connectivity index (χ3n) is 8.13. The molecule has 2 atom stereocenters. The summed E-state index contributed by atoms with van der Waals surface area (Å²) in [6.07, 6.45) is 8.74. The largest absolute Gasteiger partial charge is 0.339 e. The Bertz CT molecular complexity index is 900. The van der Waals surface area contributed by atoms with Crippen LogP contribution in [-0.2, 0) is 12.8 Å². The van der Waals surface area contributed by atoms with Crippen LogP contribution in [-0.4, -0.2) is 47.9 Å². The quantitative estimate of drug-likeness (QED) is 0.678. The molecule has 0 radical (unpaired) electrons. The van der Waals surface area contributed by atoms with Crippen molar-refractivity contribution < 1.29 is 4.79 Å². The predicted octanol–water partition coefficient (Wildman–Crippen LogP) is 5.30. The van der Waals surface area contributed by atoms with E-state index in [-0.39, 0.29) is 5.91 Å². The fourth-order valence-electron chi connectivity index (χ4n) is 6.20. The van der Waals surface area contributed by atoms with Crippen molar-refractivity contribution >= 4 is 5.91 Å². The van der Waals surface area contributed by atoms with E-state index in [1.807, 2.05) is 35.2 Å². The van der Waals surface area contributed by atoms with E-state index >= 15 is 0 Å². The Hall–Kier alpha value is -2.13. The zero-order chi connectivity index (χ0) is 21.2. The third kappa shape index (κ3) is 4.43. The summed E-state index contributed by atoms with van der Waals surface area (Å²) < 4.78 is 0. The second kappa shape index (κ2) is 9.16. The van der Waals surface area contributed by atoms with Gasteiger partial charge in [0.05, 0.1) is 0 Å². The Morgan fingerprint density at radius 1 is 0.839 bits per heavy atom. The lowest BCUT2D eigenvalue weighted by Crippen LogP contribution is -2.38. The summed E-state index contributed by atoms with van der Waals surface area (Å²) >= 11 is 0. The first kappa shape index (κ1) is 20.8. The van der Waals surface area contributed by atoms with Crippen LogP contribution in [0.4, 0.5) is 0 Å². The number of hydrogen-bond acceptors (Lipinski definition) is 2. The van der Waals surface area contributed by atoms with Crippen LogP contribution in [0.3, 0.4) is 0 Å². The SMILES string of the molecule is CC1CCCC1N1CCc2ccc(C3CCN(C(=O)c4ccccc4)CC3)cc2CC1. The lowest BCUT2D eigenvalue weighted by molar-refractivity contribution is 0.0713. The van der Waals surface area contributed by atoms with Gasteiger partial charge in [-0.1, -0.05) is 49.7 Å². The van der Waals surface area contributed by atoms with Crippen LogP contribution in [0.2, 0.25) is 0 Å². The van der Waals surface area contributed by atoms with Crippen molar-refractivity contribution in [3.8, 4) is 0 Å². The van der Waals surface area contributed by atoms with Gasteiger partial charge in [0, 0.05) is 37.8 Å². The second-order valence-corrected chi connectivity index (χ2v) is 9.97. The van der Waals surface area contributed by atoms with Crippen molar-refractivity contribution in [1.82, 2.24) is 9.80 Å². The fourth-order valence-corrected chi connectivity index (χ4v) is 6.20. The van der Waals surface area contributed by atoms with E-state index < -0.39 is 0 Å². The van der Waals surface area contributed by atoms with Crippen molar-refractivity contribution in [2.75, 3.05) is 26.2 Å². The first-order chi connectivity index (χ1) is 15.2. The number of carbonyl (C=O) groups excluding carboxylic acids is 1. The number of fused-ring (bicyclic) bond motifs is 1. The lowest BCUT2D eigenvalue weighted by atomic mass is 9.86. The predicted molar refractivity (Wildman–Crippen MR) is 127 cm³/mol. The minimum atomic E-state index is 0.183. The minimum absolute atomic E-state index is 0.183. The van der Waals surface area contributed by atoms with Crippen molar-refractivity contribution in [2.45, 2.75) is 63.8 Å². The van der Waals surface area contributed by atoms with Crippen LogP contribution < -0.4 is 0 Å². The average Bonchev–Trinajstić information content (AvgIpc) is 3.14. The number of rotatable bonds is 3. The number of likely N-dealkylation sites (tertiary alicyclic amines) is 1. The van der Waals surface area contributed by atoms with Gasteiger partial charge in [0.2, 0.25) is 0 Å². The van der Waals surface area contributed by atoms with E-state index in [4.69, 9.17) is 0 Å². The van der Waals surface area contributed by atoms with Crippen molar-refractivity contribution in [1.29, 1.82) is 0 Å². The first-order valence-electron chi connectivity index (χ1n) is 12.4. The molecule has 0 bridgehead atoms. The van der Waals surface area contributed by atoms with E-state index in [1.165, 1.54) is 50.8 Å². The van der Waals surface area contributed by atoms with Gasteiger partial charge in [-0.2, -0.15) is 0 Å². The molecule has 2 heterocycles. The lowest BCUT2D eigenvalue weighted by Gasteiger charge is -2.32. The molecule has 2 aromatic carbocycles. The molecule has 2 aromatic rings. The van der Waals surface area contributed by atoms with Crippen LogP contribution in [0.25, 0.3) is 0 Å². The van der Waals surface area contributed by atoms with E-state index in [1.54, 1.807) is 11.1 Å². The van der Waals surface area contributed by atoms with Gasteiger partial charge in [0.25, 0.3) is 5.91 Å². The molecule has 0 N–H and O–H groups in total. The molecule has 1 aliphatic carbocycles. The molecule has 2 aliphatic heterocycles. The first-order valence-corrected chi connectivity index (χ1v) is 12.4. The molecule has 3 nitrogen and oxygen atoms in total. The summed E-state index contributed by atoms with van der Waals surface area (Å²) in [5.74, 6) is 1.63. The number of amides is 1. The Labute approximate surface area is 187 Å². The molecule has 1 amide bonds. The van der Waals surface area contributed by atoms with Crippen LogP contribution in [0, 0.1) is 5.92 Å². The Morgan fingerprint density at radius 2 is 1.58 bits per heavy atom. The monoisotopic (exact) mass is 416 g/mol. The highest BCUT2D eigenvalue weighted by atomic mass is 16.2. The van der Waals surface area contributed by atoms with Crippen LogP contribution in [0.15, 0.2) is 48.5 Å². The minimum Gasteiger partial charge on any atom is -0.339 e. The Balaban J connectivity index is 1.21. The molecule has 1 saturated heterocycles. The van der Waals surface area contributed by atoms with E-state index in [0.717, 1.165) is 43.5 Å². The smallest absolute Gasteiger partial charge is 0.253 e. The van der Waals surface area contributed by atoms with Gasteiger partial charge in [-0.3, -0.25) is 9.69 Å². The molecule has 164 valence electrons. The van der Waals surface area contributed by atoms with Gasteiger partial charge in [0.1, 0.15) is 0 Å². The van der Waals surface area contributed by atoms with E-state index in [9.17, 15) is 4.79 Å². The number of carbonyl (C=O) groups is 1. The molecule has 31 heavy (non-hydrogen) atoms. The molecule has 1 saturated carbocycles. The zero-order valence-corrected chi connectivity index (χ0v) is 18.9. The molecule has 0 aromatic heterocycles.